The Balaban J connectivity index is 1.32. The van der Waals surface area contributed by atoms with Crippen LogP contribution in [0, 0.1) is 5.82 Å². The van der Waals surface area contributed by atoms with E-state index in [1.807, 2.05) is 54.6 Å². The van der Waals surface area contributed by atoms with Crippen molar-refractivity contribution in [2.24, 2.45) is 0 Å². The van der Waals surface area contributed by atoms with Crippen molar-refractivity contribution in [3.8, 4) is 0 Å². The lowest BCUT2D eigenvalue weighted by Crippen LogP contribution is -3.15. The van der Waals surface area contributed by atoms with Gasteiger partial charge in [-0.25, -0.2) is 9.18 Å². The van der Waals surface area contributed by atoms with Crippen LogP contribution in [0.2, 0.25) is 0 Å². The highest BCUT2D eigenvalue weighted by Crippen LogP contribution is 2.16. The van der Waals surface area contributed by atoms with Gasteiger partial charge in [-0.15, -0.1) is 0 Å². The smallest absolute Gasteiger partial charge is 0.407 e. The van der Waals surface area contributed by atoms with Crippen LogP contribution in [0.3, 0.4) is 0 Å². The molecule has 1 aliphatic heterocycles. The topological polar surface area (TPSA) is 59.2 Å². The lowest BCUT2D eigenvalue weighted by Gasteiger charge is -2.37. The fourth-order valence-corrected chi connectivity index (χ4v) is 3.95. The molecule has 0 unspecified atom stereocenters. The second-order valence-electron chi connectivity index (χ2n) is 7.63. The summed E-state index contributed by atoms with van der Waals surface area (Å²) in [5, 5.41) is 2.89. The number of quaternary nitrogens is 1. The zero-order valence-corrected chi connectivity index (χ0v) is 17.3. The van der Waals surface area contributed by atoms with Gasteiger partial charge in [0.2, 0.25) is 0 Å². The largest absolute Gasteiger partial charge is 0.463 e. The van der Waals surface area contributed by atoms with Crippen molar-refractivity contribution in [3.63, 3.8) is 0 Å². The van der Waals surface area contributed by atoms with Gasteiger partial charge in [-0.2, -0.15) is 0 Å². The van der Waals surface area contributed by atoms with Crippen molar-refractivity contribution < 1.29 is 23.2 Å². The fourth-order valence-electron chi connectivity index (χ4n) is 3.95. The molecule has 162 valence electrons. The van der Waals surface area contributed by atoms with E-state index in [1.54, 1.807) is 6.26 Å². The molecule has 1 aromatic heterocycles. The molecular formula is C24H27FN3O3+. The molecule has 3 aromatic rings. The van der Waals surface area contributed by atoms with E-state index in [0.717, 1.165) is 43.2 Å². The van der Waals surface area contributed by atoms with Crippen LogP contribution in [-0.4, -0.2) is 38.8 Å². The molecule has 0 spiro atoms. The van der Waals surface area contributed by atoms with Crippen LogP contribution in [0.5, 0.6) is 0 Å². The van der Waals surface area contributed by atoms with Crippen LogP contribution < -0.4 is 15.1 Å². The molecule has 0 bridgehead atoms. The third-order valence-electron chi connectivity index (χ3n) is 5.64. The van der Waals surface area contributed by atoms with Crippen LogP contribution in [-0.2, 0) is 11.3 Å². The van der Waals surface area contributed by atoms with Crippen molar-refractivity contribution in [2.75, 3.05) is 37.6 Å². The number of amides is 1. The number of ether oxygens (including phenoxy) is 1. The second-order valence-corrected chi connectivity index (χ2v) is 7.63. The van der Waals surface area contributed by atoms with Gasteiger partial charge in [0.25, 0.3) is 0 Å². The number of carbonyl (C=O) groups is 1. The number of nitrogens with zero attached hydrogens (tertiary/aromatic N) is 1. The number of piperazine rings is 1. The van der Waals surface area contributed by atoms with E-state index >= 15 is 0 Å². The average Bonchev–Trinajstić information content (AvgIpc) is 3.34. The van der Waals surface area contributed by atoms with E-state index in [0.29, 0.717) is 6.54 Å². The first kappa shape index (κ1) is 20.9. The highest BCUT2D eigenvalue weighted by Gasteiger charge is 2.31. The van der Waals surface area contributed by atoms with Gasteiger partial charge in [0.1, 0.15) is 12.4 Å². The zero-order valence-electron chi connectivity index (χ0n) is 17.3. The summed E-state index contributed by atoms with van der Waals surface area (Å²) in [6.07, 6.45) is 1.22. The Hall–Kier alpha value is -3.32. The minimum atomic E-state index is -0.440. The number of carbonyl (C=O) groups excluding carboxylic acids is 1. The van der Waals surface area contributed by atoms with Crippen LogP contribution in [0.4, 0.5) is 14.9 Å². The first-order valence-electron chi connectivity index (χ1n) is 10.5. The van der Waals surface area contributed by atoms with Gasteiger partial charge in [-0.3, -0.25) is 0 Å². The van der Waals surface area contributed by atoms with E-state index in [-0.39, 0.29) is 18.5 Å². The van der Waals surface area contributed by atoms with Crippen LogP contribution in [0.1, 0.15) is 17.4 Å². The molecular weight excluding hydrogens is 397 g/mol. The van der Waals surface area contributed by atoms with Crippen molar-refractivity contribution in [2.45, 2.75) is 12.6 Å². The average molecular weight is 424 g/mol. The molecule has 0 radical (unpaired) electrons. The summed E-state index contributed by atoms with van der Waals surface area (Å²) in [5.74, 6) is 0.615. The Morgan fingerprint density at radius 1 is 1.06 bits per heavy atom. The predicted molar refractivity (Wildman–Crippen MR) is 115 cm³/mol. The number of rotatable bonds is 7. The Bertz CT molecular complexity index is 940. The summed E-state index contributed by atoms with van der Waals surface area (Å²) in [5.41, 5.74) is 1.97. The molecule has 7 heteroatoms. The third kappa shape index (κ3) is 5.64. The van der Waals surface area contributed by atoms with Crippen molar-refractivity contribution in [3.05, 3.63) is 90.1 Å². The molecule has 2 heterocycles. The minimum Gasteiger partial charge on any atom is -0.463 e. The number of anilines is 1. The maximum absolute atomic E-state index is 13.2. The van der Waals surface area contributed by atoms with Crippen LogP contribution >= 0.6 is 0 Å². The second kappa shape index (κ2) is 10.1. The number of hydrogen-bond donors (Lipinski definition) is 2. The van der Waals surface area contributed by atoms with Gasteiger partial charge >= 0.3 is 6.09 Å². The Morgan fingerprint density at radius 2 is 1.81 bits per heavy atom. The first-order valence-corrected chi connectivity index (χ1v) is 10.5. The molecule has 2 aromatic carbocycles. The number of halogens is 1. The summed E-state index contributed by atoms with van der Waals surface area (Å²) in [6, 6.07) is 20.0. The summed E-state index contributed by atoms with van der Waals surface area (Å²) in [4.78, 5) is 15.8. The van der Waals surface area contributed by atoms with Crippen molar-refractivity contribution in [1.82, 2.24) is 5.32 Å². The Morgan fingerprint density at radius 3 is 2.48 bits per heavy atom. The van der Waals surface area contributed by atoms with E-state index in [9.17, 15) is 9.18 Å². The van der Waals surface area contributed by atoms with Crippen molar-refractivity contribution >= 4 is 11.8 Å². The van der Waals surface area contributed by atoms with Gasteiger partial charge in [0.05, 0.1) is 39.0 Å². The zero-order chi connectivity index (χ0) is 21.5. The first-order chi connectivity index (χ1) is 15.2. The predicted octanol–water partition coefficient (Wildman–Crippen LogP) is 2.79. The van der Waals surface area contributed by atoms with Gasteiger partial charge in [0, 0.05) is 5.69 Å². The maximum atomic E-state index is 13.2. The molecule has 31 heavy (non-hydrogen) atoms. The molecule has 0 saturated carbocycles. The number of furan rings is 1. The lowest BCUT2D eigenvalue weighted by atomic mass is 10.1. The normalized spacial score (nSPS) is 15.5. The quantitative estimate of drug-likeness (QED) is 0.613. The highest BCUT2D eigenvalue weighted by atomic mass is 19.1. The summed E-state index contributed by atoms with van der Waals surface area (Å²) in [6.45, 7) is 4.11. The van der Waals surface area contributed by atoms with E-state index in [1.165, 1.54) is 17.0 Å². The number of alkyl carbamates (subject to hydrolysis) is 1. The molecule has 0 aliphatic carbocycles. The monoisotopic (exact) mass is 424 g/mol. The molecule has 1 fully saturated rings. The lowest BCUT2D eigenvalue weighted by molar-refractivity contribution is -0.932. The molecule has 1 atom stereocenters. The molecule has 2 N–H and O–H groups in total. The van der Waals surface area contributed by atoms with E-state index < -0.39 is 6.09 Å². The third-order valence-corrected chi connectivity index (χ3v) is 5.64. The summed E-state index contributed by atoms with van der Waals surface area (Å²) < 4.78 is 24.2. The van der Waals surface area contributed by atoms with Gasteiger partial charge in [-0.05, 0) is 42.0 Å². The fraction of sp³-hybridized carbons (Fsp3) is 0.292. The molecule has 6 nitrogen and oxygen atoms in total. The standard InChI is InChI=1S/C24H26FN3O3/c25-20-8-10-21(11-9-20)27-12-14-28(15-13-27)22(23-7-4-16-30-23)17-26-24(29)31-18-19-5-2-1-3-6-19/h1-11,16,22H,12-15,17-18H2,(H,26,29)/p+1/t22-/m1/s1. The van der Waals surface area contributed by atoms with E-state index in [2.05, 4.69) is 10.2 Å². The van der Waals surface area contributed by atoms with Gasteiger partial charge in [0.15, 0.2) is 11.8 Å². The molecule has 1 aliphatic rings. The number of benzene rings is 2. The van der Waals surface area contributed by atoms with Crippen LogP contribution in [0.15, 0.2) is 77.4 Å². The summed E-state index contributed by atoms with van der Waals surface area (Å²) in [7, 11) is 0. The molecule has 1 amide bonds. The number of nitrogens with one attached hydrogen (secondary N) is 2. The maximum Gasteiger partial charge on any atom is 0.407 e. The van der Waals surface area contributed by atoms with Gasteiger partial charge < -0.3 is 24.3 Å². The minimum absolute atomic E-state index is 0.00496. The SMILES string of the molecule is O=C(NC[C@H](c1ccco1)[NH+]1CCN(c2ccc(F)cc2)CC1)OCc1ccccc1. The summed E-state index contributed by atoms with van der Waals surface area (Å²) >= 11 is 0. The number of hydrogen-bond acceptors (Lipinski definition) is 4. The highest BCUT2D eigenvalue weighted by molar-refractivity contribution is 5.67. The van der Waals surface area contributed by atoms with Gasteiger partial charge in [-0.1, -0.05) is 30.3 Å². The Kier molecular flexibility index (Phi) is 6.84. The molecule has 1 saturated heterocycles. The van der Waals surface area contributed by atoms with E-state index in [4.69, 9.17) is 9.15 Å². The van der Waals surface area contributed by atoms with Crippen LogP contribution in [0.25, 0.3) is 0 Å². The molecule has 4 rings (SSSR count). The Labute approximate surface area is 181 Å². The van der Waals surface area contributed by atoms with Crippen molar-refractivity contribution in [1.29, 1.82) is 0 Å².